The predicted molar refractivity (Wildman–Crippen MR) is 173 cm³/mol. The van der Waals surface area contributed by atoms with Gasteiger partial charge in [-0.2, -0.15) is 13.2 Å². The first kappa shape index (κ1) is 36.0. The summed E-state index contributed by atoms with van der Waals surface area (Å²) in [5, 5.41) is 27.2. The highest BCUT2D eigenvalue weighted by Crippen LogP contribution is 2.30. The summed E-state index contributed by atoms with van der Waals surface area (Å²) in [6.07, 6.45) is -1.45. The lowest BCUT2D eigenvalue weighted by molar-refractivity contribution is -0.384. The second-order valence-corrected chi connectivity index (χ2v) is 11.8. The summed E-state index contributed by atoms with van der Waals surface area (Å²) >= 11 is 1.51. The third-order valence-corrected chi connectivity index (χ3v) is 8.44. The maximum atomic E-state index is 14.5. The molecule has 254 valence electrons. The Balaban J connectivity index is 0.000000671. The summed E-state index contributed by atoms with van der Waals surface area (Å²) < 4.78 is 46.3. The fourth-order valence-corrected chi connectivity index (χ4v) is 5.84. The second kappa shape index (κ2) is 16.3. The van der Waals surface area contributed by atoms with Crippen LogP contribution in [0.2, 0.25) is 0 Å². The number of nitrogens with one attached hydrogen (secondary N) is 2. The summed E-state index contributed by atoms with van der Waals surface area (Å²) in [4.78, 5) is 39.5. The molecule has 15 heteroatoms. The number of carbonyl (C=O) groups excluding carboxylic acids is 1. The topological polar surface area (TPSA) is 138 Å². The summed E-state index contributed by atoms with van der Waals surface area (Å²) in [6.45, 7) is 4.21. The van der Waals surface area contributed by atoms with Crippen LogP contribution in [0, 0.1) is 15.9 Å². The number of carboxylic acids is 1. The molecular weight excluding hydrogens is 654 g/mol. The first-order valence-electron chi connectivity index (χ1n) is 15.0. The van der Waals surface area contributed by atoms with Crippen LogP contribution >= 0.6 is 11.3 Å². The molecule has 0 saturated carbocycles. The molecule has 1 heterocycles. The van der Waals surface area contributed by atoms with E-state index in [2.05, 4.69) is 54.0 Å². The van der Waals surface area contributed by atoms with Crippen LogP contribution < -0.4 is 10.6 Å². The van der Waals surface area contributed by atoms with E-state index in [0.717, 1.165) is 60.4 Å². The van der Waals surface area contributed by atoms with Crippen molar-refractivity contribution in [1.82, 2.24) is 15.2 Å². The average molecular weight is 688 g/mol. The van der Waals surface area contributed by atoms with Gasteiger partial charge in [-0.25, -0.2) is 19.0 Å². The molecule has 0 atom stereocenters. The molecule has 1 aliphatic carbocycles. The number of urea groups is 1. The number of nitro groups is 1. The molecule has 0 saturated heterocycles. The van der Waals surface area contributed by atoms with E-state index in [4.69, 9.17) is 14.9 Å². The smallest absolute Gasteiger partial charge is 0.475 e. The highest BCUT2D eigenvalue weighted by atomic mass is 32.1. The lowest BCUT2D eigenvalue weighted by atomic mass is 10.1. The van der Waals surface area contributed by atoms with Crippen LogP contribution in [-0.2, 0) is 30.7 Å². The Bertz CT molecular complexity index is 1710. The van der Waals surface area contributed by atoms with Crippen LogP contribution in [0.5, 0.6) is 0 Å². The van der Waals surface area contributed by atoms with Gasteiger partial charge >= 0.3 is 18.2 Å². The normalized spacial score (nSPS) is 12.5. The molecule has 0 unspecified atom stereocenters. The number of hydrogen-bond acceptors (Lipinski definition) is 7. The summed E-state index contributed by atoms with van der Waals surface area (Å²) in [7, 11) is 0. The molecule has 0 fully saturated rings. The van der Waals surface area contributed by atoms with Gasteiger partial charge in [-0.1, -0.05) is 61.9 Å². The van der Waals surface area contributed by atoms with Crippen LogP contribution in [0.25, 0.3) is 10.6 Å². The number of unbranched alkanes of at least 4 members (excludes halogenated alkanes) is 1. The number of halogens is 4. The molecule has 0 spiro atoms. The number of hydrogen-bond donors (Lipinski definition) is 3. The summed E-state index contributed by atoms with van der Waals surface area (Å²) in [5.74, 6) is -3.49. The zero-order valence-electron chi connectivity index (χ0n) is 25.8. The number of rotatable bonds is 11. The summed E-state index contributed by atoms with van der Waals surface area (Å²) in [6, 6.07) is 18.8. The monoisotopic (exact) mass is 687 g/mol. The van der Waals surface area contributed by atoms with Crippen LogP contribution in [0.3, 0.4) is 0 Å². The van der Waals surface area contributed by atoms with Gasteiger partial charge in [-0.3, -0.25) is 10.1 Å². The molecule has 1 aliphatic rings. The zero-order valence-corrected chi connectivity index (χ0v) is 26.6. The fourth-order valence-electron chi connectivity index (χ4n) is 5.02. The van der Waals surface area contributed by atoms with Crippen molar-refractivity contribution in [1.29, 1.82) is 0 Å². The number of non-ortho nitro benzene ring substituents is 1. The lowest BCUT2D eigenvalue weighted by Gasteiger charge is -2.28. The van der Waals surface area contributed by atoms with Crippen molar-refractivity contribution in [2.24, 2.45) is 0 Å². The van der Waals surface area contributed by atoms with Gasteiger partial charge in [0.15, 0.2) is 0 Å². The average Bonchev–Trinajstić information content (AvgIpc) is 3.70. The number of anilines is 1. The molecule has 0 radical (unpaired) electrons. The van der Waals surface area contributed by atoms with Gasteiger partial charge in [0.2, 0.25) is 0 Å². The number of fused-ring (bicyclic) bond motifs is 1. The lowest BCUT2D eigenvalue weighted by Crippen LogP contribution is -2.43. The quantitative estimate of drug-likeness (QED) is 0.0640. The number of aromatic nitrogens is 1. The van der Waals surface area contributed by atoms with E-state index in [9.17, 15) is 32.5 Å². The number of benzene rings is 3. The Morgan fingerprint density at radius 1 is 1.08 bits per heavy atom. The Hall–Kier alpha value is -4.89. The van der Waals surface area contributed by atoms with Gasteiger partial charge in [0.25, 0.3) is 5.69 Å². The third kappa shape index (κ3) is 9.81. The molecule has 3 N–H and O–H groups in total. The Morgan fingerprint density at radius 2 is 1.73 bits per heavy atom. The predicted octanol–water partition coefficient (Wildman–Crippen LogP) is 7.58. The van der Waals surface area contributed by atoms with E-state index in [1.807, 2.05) is 17.5 Å². The van der Waals surface area contributed by atoms with Crippen molar-refractivity contribution in [3.8, 4) is 10.6 Å². The molecule has 0 aliphatic heterocycles. The van der Waals surface area contributed by atoms with Gasteiger partial charge in [0, 0.05) is 35.7 Å². The molecule has 48 heavy (non-hydrogen) atoms. The minimum atomic E-state index is -5.08. The van der Waals surface area contributed by atoms with Gasteiger partial charge in [0.05, 0.1) is 22.8 Å². The number of carbonyl (C=O) groups is 2. The second-order valence-electron chi connectivity index (χ2n) is 11.0. The summed E-state index contributed by atoms with van der Waals surface area (Å²) in [5.41, 5.74) is 4.74. The molecule has 4 aromatic rings. The van der Waals surface area contributed by atoms with Crippen molar-refractivity contribution in [3.63, 3.8) is 0 Å². The molecule has 1 aromatic heterocycles. The number of nitrogens with zero attached hydrogens (tertiary/aromatic N) is 3. The van der Waals surface area contributed by atoms with Crippen molar-refractivity contribution < 1.29 is 37.2 Å². The standard InChI is InChI=1S/C31H32FN5O3S.C2HF3O2/c1-2-3-14-33-18-21-8-10-22(11-9-21)30-34-25(20-41-30)19-36(27-15-23-6-4-5-7-24(23)16-27)31(38)35-29-17-26(37(39)40)12-13-28(29)32;3-2(4,5)1(6)7/h4-13,17,20,27,33H,2-3,14-16,18-19H2,1H3,(H,35,38);(H,6,7). The SMILES string of the molecule is CCCCNCc1ccc(-c2nc(CN(C(=O)Nc3cc([N+](=O)[O-])ccc3F)C3Cc4ccccc4C3)cs2)cc1.O=C(O)C(F)(F)F. The van der Waals surface area contributed by atoms with Crippen LogP contribution in [0.4, 0.5) is 33.7 Å². The number of amides is 2. The highest BCUT2D eigenvalue weighted by molar-refractivity contribution is 7.13. The van der Waals surface area contributed by atoms with Gasteiger partial charge in [-0.15, -0.1) is 11.3 Å². The molecule has 5 rings (SSSR count). The number of alkyl halides is 3. The van der Waals surface area contributed by atoms with E-state index < -0.39 is 28.9 Å². The van der Waals surface area contributed by atoms with E-state index in [-0.39, 0.29) is 24.0 Å². The molecule has 2 amide bonds. The Morgan fingerprint density at radius 3 is 2.31 bits per heavy atom. The number of carboxylic acid groups (broad SMARTS) is 1. The van der Waals surface area contributed by atoms with Crippen molar-refractivity contribution in [2.75, 3.05) is 11.9 Å². The maximum Gasteiger partial charge on any atom is 0.490 e. The minimum Gasteiger partial charge on any atom is -0.475 e. The zero-order chi connectivity index (χ0) is 34.8. The number of aliphatic carboxylic acids is 1. The molecule has 10 nitrogen and oxygen atoms in total. The largest absolute Gasteiger partial charge is 0.490 e. The van der Waals surface area contributed by atoms with Crippen LogP contribution in [-0.4, -0.2) is 50.7 Å². The number of thiazole rings is 1. The van der Waals surface area contributed by atoms with E-state index in [1.165, 1.54) is 28.0 Å². The first-order chi connectivity index (χ1) is 22.8. The van der Waals surface area contributed by atoms with E-state index in [1.54, 1.807) is 4.90 Å². The molecule has 0 bridgehead atoms. The maximum absolute atomic E-state index is 14.5. The fraction of sp³-hybridized carbons (Fsp3) is 0.303. The highest BCUT2D eigenvalue weighted by Gasteiger charge is 2.38. The van der Waals surface area contributed by atoms with Crippen LogP contribution in [0.1, 0.15) is 42.1 Å². The van der Waals surface area contributed by atoms with E-state index in [0.29, 0.717) is 12.8 Å². The van der Waals surface area contributed by atoms with Gasteiger partial charge in [-0.05, 0) is 48.6 Å². The third-order valence-electron chi connectivity index (χ3n) is 7.50. The van der Waals surface area contributed by atoms with Crippen molar-refractivity contribution >= 4 is 34.7 Å². The van der Waals surface area contributed by atoms with Crippen molar-refractivity contribution in [2.45, 2.75) is 57.9 Å². The van der Waals surface area contributed by atoms with Crippen LogP contribution in [0.15, 0.2) is 72.1 Å². The van der Waals surface area contributed by atoms with Crippen molar-refractivity contribution in [3.05, 3.63) is 110 Å². The molecular formula is C33H33F4N5O5S. The van der Waals surface area contributed by atoms with Gasteiger partial charge in [0.1, 0.15) is 10.8 Å². The first-order valence-corrected chi connectivity index (χ1v) is 15.9. The Kier molecular flexibility index (Phi) is 12.2. The Labute approximate surface area is 277 Å². The van der Waals surface area contributed by atoms with E-state index >= 15 is 0 Å². The van der Waals surface area contributed by atoms with Gasteiger partial charge < -0.3 is 20.6 Å². The molecule has 3 aromatic carbocycles. The number of nitro benzene ring substituents is 1. The minimum absolute atomic E-state index is 0.168.